The van der Waals surface area contributed by atoms with E-state index in [1.54, 1.807) is 4.90 Å². The normalized spacial score (nSPS) is 17.3. The molecule has 0 radical (unpaired) electrons. The maximum Gasteiger partial charge on any atom is 0.407 e. The number of alkyl carbamates (subject to hydrolysis) is 1. The van der Waals surface area contributed by atoms with Gasteiger partial charge in [-0.25, -0.2) is 4.79 Å². The Balaban J connectivity index is 1.83. The smallest absolute Gasteiger partial charge is 0.407 e. The summed E-state index contributed by atoms with van der Waals surface area (Å²) in [4.78, 5) is 36.7. The lowest BCUT2D eigenvalue weighted by Crippen LogP contribution is -2.32. The minimum atomic E-state index is -0.519. The fourth-order valence-corrected chi connectivity index (χ4v) is 3.62. The maximum absolute atomic E-state index is 12.1. The molecular formula is C19H26N2O4S. The van der Waals surface area contributed by atoms with Gasteiger partial charge in [-0.05, 0) is 31.9 Å². The maximum atomic E-state index is 12.1. The highest BCUT2D eigenvalue weighted by atomic mass is 32.2. The summed E-state index contributed by atoms with van der Waals surface area (Å²) in [6, 6.07) is 7.75. The minimum Gasteiger partial charge on any atom is -0.444 e. The summed E-state index contributed by atoms with van der Waals surface area (Å²) in [5.74, 6) is 0.0828. The second-order valence-electron chi connectivity index (χ2n) is 7.38. The number of thioether (sulfide) groups is 1. The van der Waals surface area contributed by atoms with Crippen LogP contribution in [0.1, 0.15) is 45.2 Å². The number of carbonyl (C=O) groups is 3. The molecule has 1 aliphatic heterocycles. The van der Waals surface area contributed by atoms with Gasteiger partial charge in [-0.15, -0.1) is 0 Å². The van der Waals surface area contributed by atoms with Gasteiger partial charge in [0.15, 0.2) is 5.12 Å². The summed E-state index contributed by atoms with van der Waals surface area (Å²) in [7, 11) is 0. The number of ether oxygens (including phenoxy) is 1. The fraction of sp³-hybridized carbons (Fsp3) is 0.526. The van der Waals surface area contributed by atoms with E-state index in [1.807, 2.05) is 45.0 Å². The summed E-state index contributed by atoms with van der Waals surface area (Å²) in [6.07, 6.45) is -0.0273. The van der Waals surface area contributed by atoms with E-state index in [-0.39, 0.29) is 16.3 Å². The second-order valence-corrected chi connectivity index (χ2v) is 8.86. The Bertz CT molecular complexity index is 667. The van der Waals surface area contributed by atoms with Gasteiger partial charge in [0.05, 0.1) is 0 Å². The van der Waals surface area contributed by atoms with E-state index < -0.39 is 11.7 Å². The van der Waals surface area contributed by atoms with Crippen molar-refractivity contribution in [3.63, 3.8) is 0 Å². The van der Waals surface area contributed by atoms with Crippen molar-refractivity contribution in [3.05, 3.63) is 35.4 Å². The van der Waals surface area contributed by atoms with Crippen LogP contribution < -0.4 is 5.32 Å². The zero-order valence-corrected chi connectivity index (χ0v) is 16.5. The monoisotopic (exact) mass is 378 g/mol. The van der Waals surface area contributed by atoms with Crippen molar-refractivity contribution >= 4 is 28.9 Å². The first kappa shape index (κ1) is 20.3. The quantitative estimate of drug-likeness (QED) is 0.852. The molecule has 2 amide bonds. The Morgan fingerprint density at radius 2 is 1.85 bits per heavy atom. The van der Waals surface area contributed by atoms with E-state index in [4.69, 9.17) is 4.74 Å². The van der Waals surface area contributed by atoms with Crippen molar-refractivity contribution in [3.8, 4) is 0 Å². The molecule has 1 aliphatic rings. The molecule has 1 heterocycles. The van der Waals surface area contributed by atoms with E-state index >= 15 is 0 Å². The van der Waals surface area contributed by atoms with Crippen molar-refractivity contribution in [2.45, 2.75) is 58.1 Å². The van der Waals surface area contributed by atoms with Crippen LogP contribution in [0.3, 0.4) is 0 Å². The molecule has 0 aromatic heterocycles. The largest absolute Gasteiger partial charge is 0.444 e. The lowest BCUT2D eigenvalue weighted by molar-refractivity contribution is -0.128. The first-order chi connectivity index (χ1) is 12.1. The molecule has 1 aromatic carbocycles. The van der Waals surface area contributed by atoms with Crippen LogP contribution in [0.2, 0.25) is 0 Å². The van der Waals surface area contributed by atoms with Crippen LogP contribution in [0.15, 0.2) is 24.3 Å². The standard InChI is InChI=1S/C19H26N2O4S/c1-13(22)26-16-9-17(23)21(12-16)11-15-7-5-14(6-8-15)10-20-18(24)25-19(2,3)4/h5-8,16H,9-12H2,1-4H3,(H,20,24). The second kappa shape index (κ2) is 8.58. The van der Waals surface area contributed by atoms with Crippen LogP contribution in [0.5, 0.6) is 0 Å². The summed E-state index contributed by atoms with van der Waals surface area (Å²) in [5.41, 5.74) is 1.46. The molecule has 0 bridgehead atoms. The highest BCUT2D eigenvalue weighted by Gasteiger charge is 2.30. The molecule has 1 fully saturated rings. The third-order valence-electron chi connectivity index (χ3n) is 3.74. The summed E-state index contributed by atoms with van der Waals surface area (Å²) in [5, 5.41) is 2.82. The topological polar surface area (TPSA) is 75.7 Å². The lowest BCUT2D eigenvalue weighted by atomic mass is 10.1. The molecule has 1 aromatic rings. The molecule has 7 heteroatoms. The number of rotatable bonds is 5. The van der Waals surface area contributed by atoms with Gasteiger partial charge in [-0.2, -0.15) is 0 Å². The number of amides is 2. The van der Waals surface area contributed by atoms with Crippen LogP contribution >= 0.6 is 11.8 Å². The van der Waals surface area contributed by atoms with Crippen molar-refractivity contribution < 1.29 is 19.1 Å². The number of nitrogens with zero attached hydrogens (tertiary/aromatic N) is 1. The van der Waals surface area contributed by atoms with E-state index in [2.05, 4.69) is 5.32 Å². The van der Waals surface area contributed by atoms with Crippen molar-refractivity contribution in [1.82, 2.24) is 10.2 Å². The van der Waals surface area contributed by atoms with Gasteiger partial charge < -0.3 is 15.0 Å². The number of hydrogen-bond acceptors (Lipinski definition) is 5. The Labute approximate surface area is 158 Å². The Morgan fingerprint density at radius 1 is 1.23 bits per heavy atom. The number of hydrogen-bond donors (Lipinski definition) is 1. The molecule has 26 heavy (non-hydrogen) atoms. The predicted molar refractivity (Wildman–Crippen MR) is 102 cm³/mol. The SMILES string of the molecule is CC(=O)SC1CC(=O)N(Cc2ccc(CNC(=O)OC(C)(C)C)cc2)C1. The molecule has 1 N–H and O–H groups in total. The van der Waals surface area contributed by atoms with E-state index in [0.717, 1.165) is 11.1 Å². The average molecular weight is 378 g/mol. The van der Waals surface area contributed by atoms with E-state index in [1.165, 1.54) is 18.7 Å². The molecule has 0 saturated carbocycles. The first-order valence-electron chi connectivity index (χ1n) is 8.62. The molecule has 6 nitrogen and oxygen atoms in total. The van der Waals surface area contributed by atoms with Crippen LogP contribution in [0.4, 0.5) is 4.79 Å². The van der Waals surface area contributed by atoms with E-state index in [9.17, 15) is 14.4 Å². The Kier molecular flexibility index (Phi) is 6.69. The molecule has 2 rings (SSSR count). The molecule has 0 spiro atoms. The molecule has 1 unspecified atom stereocenters. The average Bonchev–Trinajstić information content (AvgIpc) is 2.83. The van der Waals surface area contributed by atoms with Gasteiger partial charge in [0, 0.05) is 38.2 Å². The lowest BCUT2D eigenvalue weighted by Gasteiger charge is -2.19. The zero-order chi connectivity index (χ0) is 19.3. The predicted octanol–water partition coefficient (Wildman–Crippen LogP) is 3.09. The third-order valence-corrected chi connectivity index (χ3v) is 4.72. The van der Waals surface area contributed by atoms with Crippen LogP contribution in [-0.4, -0.2) is 39.4 Å². The first-order valence-corrected chi connectivity index (χ1v) is 9.50. The van der Waals surface area contributed by atoms with E-state index in [0.29, 0.717) is 26.1 Å². The highest BCUT2D eigenvalue weighted by molar-refractivity contribution is 8.14. The van der Waals surface area contributed by atoms with Gasteiger partial charge in [0.2, 0.25) is 5.91 Å². The summed E-state index contributed by atoms with van der Waals surface area (Å²) in [6.45, 7) is 8.51. The van der Waals surface area contributed by atoms with Crippen LogP contribution in [0.25, 0.3) is 0 Å². The Hall–Kier alpha value is -2.02. The molecular weight excluding hydrogens is 352 g/mol. The summed E-state index contributed by atoms with van der Waals surface area (Å²) < 4.78 is 5.20. The van der Waals surface area contributed by atoms with Crippen molar-refractivity contribution in [2.24, 2.45) is 0 Å². The van der Waals surface area contributed by atoms with Gasteiger partial charge >= 0.3 is 6.09 Å². The minimum absolute atomic E-state index is 0.0477. The molecule has 1 atom stereocenters. The highest BCUT2D eigenvalue weighted by Crippen LogP contribution is 2.25. The molecule has 0 aliphatic carbocycles. The summed E-state index contributed by atoms with van der Waals surface area (Å²) >= 11 is 1.24. The number of nitrogens with one attached hydrogen (secondary N) is 1. The number of likely N-dealkylation sites (tertiary alicyclic amines) is 1. The van der Waals surface area contributed by atoms with Crippen molar-refractivity contribution in [1.29, 1.82) is 0 Å². The molecule has 142 valence electrons. The van der Waals surface area contributed by atoms with Gasteiger partial charge in [0.25, 0.3) is 0 Å². The van der Waals surface area contributed by atoms with Crippen LogP contribution in [-0.2, 0) is 27.4 Å². The van der Waals surface area contributed by atoms with Gasteiger partial charge in [0.1, 0.15) is 5.60 Å². The fourth-order valence-electron chi connectivity index (χ4n) is 2.67. The van der Waals surface area contributed by atoms with Crippen molar-refractivity contribution in [2.75, 3.05) is 6.54 Å². The molecule has 1 saturated heterocycles. The van der Waals surface area contributed by atoms with Gasteiger partial charge in [-0.3, -0.25) is 9.59 Å². The zero-order valence-electron chi connectivity index (χ0n) is 15.7. The Morgan fingerprint density at radius 3 is 2.42 bits per heavy atom. The number of benzene rings is 1. The van der Waals surface area contributed by atoms with Crippen LogP contribution in [0, 0.1) is 0 Å². The third kappa shape index (κ3) is 6.71. The number of carbonyl (C=O) groups excluding carboxylic acids is 3. The van der Waals surface area contributed by atoms with Gasteiger partial charge in [-0.1, -0.05) is 36.0 Å².